The van der Waals surface area contributed by atoms with Gasteiger partial charge in [0.1, 0.15) is 0 Å². The Morgan fingerprint density at radius 2 is 1.65 bits per heavy atom. The molecular weight excluding hydrogens is 240 g/mol. The van der Waals surface area contributed by atoms with Gasteiger partial charge in [0.25, 0.3) is 0 Å². The van der Waals surface area contributed by atoms with Crippen LogP contribution in [0.25, 0.3) is 0 Å². The third-order valence-corrected chi connectivity index (χ3v) is 2.94. The van der Waals surface area contributed by atoms with Crippen LogP contribution in [0.3, 0.4) is 0 Å². The van der Waals surface area contributed by atoms with Gasteiger partial charge in [-0.1, -0.05) is 39.0 Å². The van der Waals surface area contributed by atoms with Gasteiger partial charge in [0.05, 0.1) is 6.42 Å². The van der Waals surface area contributed by atoms with Crippen LogP contribution in [0.1, 0.15) is 58.3 Å². The molecule has 0 amide bonds. The number of carboxylic acid groups (broad SMARTS) is 1. The zero-order valence-electron chi connectivity index (χ0n) is 10.3. The van der Waals surface area contributed by atoms with Crippen molar-refractivity contribution in [3.63, 3.8) is 0 Å². The predicted octanol–water partition coefficient (Wildman–Crippen LogP) is 2.40. The predicted molar refractivity (Wildman–Crippen MR) is 69.2 cm³/mol. The molecule has 0 aliphatic heterocycles. The van der Waals surface area contributed by atoms with Gasteiger partial charge in [-0.15, -0.1) is 12.6 Å². The van der Waals surface area contributed by atoms with Crippen LogP contribution in [0.15, 0.2) is 0 Å². The van der Waals surface area contributed by atoms with Crippen LogP contribution in [0.4, 0.5) is 0 Å². The van der Waals surface area contributed by atoms with Gasteiger partial charge in [-0.3, -0.25) is 4.79 Å². The fourth-order valence-corrected chi connectivity index (χ4v) is 1.98. The van der Waals surface area contributed by atoms with Crippen molar-refractivity contribution >= 4 is 23.7 Å². The van der Waals surface area contributed by atoms with Crippen LogP contribution < -0.4 is 0 Å². The molecule has 0 saturated carbocycles. The number of aliphatic hydroxyl groups is 1. The number of hydrogen-bond donors (Lipinski definition) is 3. The molecule has 0 aliphatic carbocycles. The Morgan fingerprint density at radius 1 is 1.12 bits per heavy atom. The van der Waals surface area contributed by atoms with E-state index in [4.69, 9.17) is 5.11 Å². The molecule has 0 saturated heterocycles. The maximum atomic E-state index is 10.9. The molecule has 2 N–H and O–H groups in total. The SMILES string of the molecule is CCCCCCCCC(O)(CC(=O)S)C(=O)O. The van der Waals surface area contributed by atoms with E-state index in [2.05, 4.69) is 19.6 Å². The summed E-state index contributed by atoms with van der Waals surface area (Å²) in [5, 5.41) is 18.1. The van der Waals surface area contributed by atoms with E-state index in [1.165, 1.54) is 6.42 Å². The maximum absolute atomic E-state index is 10.9. The van der Waals surface area contributed by atoms with Crippen LogP contribution in [-0.4, -0.2) is 26.9 Å². The normalized spacial score (nSPS) is 14.3. The highest BCUT2D eigenvalue weighted by atomic mass is 32.1. The summed E-state index contributed by atoms with van der Waals surface area (Å²) < 4.78 is 0. The van der Waals surface area contributed by atoms with Crippen LogP contribution in [0.5, 0.6) is 0 Å². The van der Waals surface area contributed by atoms with Gasteiger partial charge in [-0.05, 0) is 12.8 Å². The zero-order valence-corrected chi connectivity index (χ0v) is 11.2. The second kappa shape index (κ2) is 8.53. The summed E-state index contributed by atoms with van der Waals surface area (Å²) in [6.45, 7) is 2.13. The summed E-state index contributed by atoms with van der Waals surface area (Å²) in [6.07, 6.45) is 5.70. The van der Waals surface area contributed by atoms with E-state index in [1.54, 1.807) is 0 Å². The highest BCUT2D eigenvalue weighted by Crippen LogP contribution is 2.21. The van der Waals surface area contributed by atoms with Crippen molar-refractivity contribution in [2.45, 2.75) is 63.9 Å². The van der Waals surface area contributed by atoms with Gasteiger partial charge in [-0.25, -0.2) is 4.79 Å². The van der Waals surface area contributed by atoms with E-state index in [9.17, 15) is 14.7 Å². The molecule has 4 nitrogen and oxygen atoms in total. The number of carbonyl (C=O) groups is 2. The lowest BCUT2D eigenvalue weighted by molar-refractivity contribution is -0.161. The lowest BCUT2D eigenvalue weighted by atomic mass is 9.93. The molecule has 0 rings (SSSR count). The first-order valence-electron chi connectivity index (χ1n) is 6.10. The summed E-state index contributed by atoms with van der Waals surface area (Å²) in [6, 6.07) is 0. The number of rotatable bonds is 10. The van der Waals surface area contributed by atoms with E-state index in [-0.39, 0.29) is 6.42 Å². The molecule has 100 valence electrons. The molecule has 0 spiro atoms. The monoisotopic (exact) mass is 262 g/mol. The Morgan fingerprint density at radius 3 is 2.12 bits per heavy atom. The van der Waals surface area contributed by atoms with Crippen molar-refractivity contribution < 1.29 is 19.8 Å². The standard InChI is InChI=1S/C12H22O4S/c1-2-3-4-5-6-7-8-12(16,11(14)15)9-10(13)17/h16H,2-9H2,1H3,(H,13,17)(H,14,15). The minimum Gasteiger partial charge on any atom is -0.479 e. The minimum atomic E-state index is -1.94. The van der Waals surface area contributed by atoms with Gasteiger partial charge >= 0.3 is 5.97 Å². The smallest absolute Gasteiger partial charge is 0.336 e. The quantitative estimate of drug-likeness (QED) is 0.417. The van der Waals surface area contributed by atoms with Gasteiger partial charge in [0.2, 0.25) is 0 Å². The van der Waals surface area contributed by atoms with Crippen molar-refractivity contribution in [1.82, 2.24) is 0 Å². The summed E-state index contributed by atoms with van der Waals surface area (Å²) in [7, 11) is 0. The third kappa shape index (κ3) is 7.39. The second-order valence-corrected chi connectivity index (χ2v) is 4.92. The van der Waals surface area contributed by atoms with Crippen molar-refractivity contribution in [3.8, 4) is 0 Å². The van der Waals surface area contributed by atoms with E-state index in [0.717, 1.165) is 25.7 Å². The summed E-state index contributed by atoms with van der Waals surface area (Å²) in [4.78, 5) is 21.7. The van der Waals surface area contributed by atoms with Crippen molar-refractivity contribution in [2.24, 2.45) is 0 Å². The topological polar surface area (TPSA) is 74.6 Å². The molecule has 0 aromatic carbocycles. The van der Waals surface area contributed by atoms with E-state index >= 15 is 0 Å². The molecule has 1 unspecified atom stereocenters. The van der Waals surface area contributed by atoms with Crippen molar-refractivity contribution in [3.05, 3.63) is 0 Å². The average molecular weight is 262 g/mol. The third-order valence-electron chi connectivity index (χ3n) is 2.79. The Balaban J connectivity index is 3.93. The van der Waals surface area contributed by atoms with Crippen LogP contribution in [0.2, 0.25) is 0 Å². The van der Waals surface area contributed by atoms with Gasteiger partial charge in [0, 0.05) is 0 Å². The molecule has 1 atom stereocenters. The first-order valence-corrected chi connectivity index (χ1v) is 6.54. The summed E-state index contributed by atoms with van der Waals surface area (Å²) >= 11 is 3.51. The van der Waals surface area contributed by atoms with Crippen molar-refractivity contribution in [2.75, 3.05) is 0 Å². The molecule has 17 heavy (non-hydrogen) atoms. The highest BCUT2D eigenvalue weighted by Gasteiger charge is 2.36. The van der Waals surface area contributed by atoms with Crippen LogP contribution in [-0.2, 0) is 9.59 Å². The van der Waals surface area contributed by atoms with Gasteiger partial charge < -0.3 is 10.2 Å². The number of carboxylic acids is 1. The summed E-state index contributed by atoms with van der Waals surface area (Å²) in [5.74, 6) is -1.34. The molecule has 5 heteroatoms. The molecule has 0 aromatic rings. The van der Waals surface area contributed by atoms with Crippen molar-refractivity contribution in [1.29, 1.82) is 0 Å². The molecule has 0 heterocycles. The Kier molecular flexibility index (Phi) is 8.25. The van der Waals surface area contributed by atoms with Gasteiger partial charge in [-0.2, -0.15) is 0 Å². The first-order chi connectivity index (χ1) is 7.92. The number of thiol groups is 1. The Labute approximate surface area is 108 Å². The molecular formula is C12H22O4S. The lowest BCUT2D eigenvalue weighted by Gasteiger charge is -2.21. The Bertz CT molecular complexity index is 255. The molecule has 0 aromatic heterocycles. The highest BCUT2D eigenvalue weighted by molar-refractivity contribution is 7.96. The molecule has 0 bridgehead atoms. The fraction of sp³-hybridized carbons (Fsp3) is 0.833. The number of aliphatic carboxylic acids is 1. The van der Waals surface area contributed by atoms with E-state index < -0.39 is 23.1 Å². The van der Waals surface area contributed by atoms with Crippen LogP contribution >= 0.6 is 12.6 Å². The van der Waals surface area contributed by atoms with E-state index in [0.29, 0.717) is 6.42 Å². The number of unbranched alkanes of at least 4 members (excludes halogenated alkanes) is 5. The van der Waals surface area contributed by atoms with Crippen LogP contribution in [0, 0.1) is 0 Å². The Hall–Kier alpha value is -0.550. The lowest BCUT2D eigenvalue weighted by Crippen LogP contribution is -2.39. The fourth-order valence-electron chi connectivity index (χ4n) is 1.72. The second-order valence-electron chi connectivity index (χ2n) is 4.43. The number of hydrogen-bond acceptors (Lipinski definition) is 3. The largest absolute Gasteiger partial charge is 0.479 e. The zero-order chi connectivity index (χ0) is 13.3. The molecule has 0 radical (unpaired) electrons. The maximum Gasteiger partial charge on any atom is 0.336 e. The number of carbonyl (C=O) groups excluding carboxylic acids is 1. The first kappa shape index (κ1) is 16.4. The van der Waals surface area contributed by atoms with E-state index in [1.807, 2.05) is 0 Å². The summed E-state index contributed by atoms with van der Waals surface area (Å²) in [5.41, 5.74) is -1.94. The molecule has 0 fully saturated rings. The van der Waals surface area contributed by atoms with Gasteiger partial charge in [0.15, 0.2) is 10.7 Å². The minimum absolute atomic E-state index is 0.112. The molecule has 0 aliphatic rings. The average Bonchev–Trinajstić information content (AvgIpc) is 2.22.